The number of para-hydroxylation sites is 1. The summed E-state index contributed by atoms with van der Waals surface area (Å²) in [7, 11) is 1.75. The summed E-state index contributed by atoms with van der Waals surface area (Å²) in [4.78, 5) is 7.18. The van der Waals surface area contributed by atoms with E-state index in [9.17, 15) is 0 Å². The number of nitrogens with zero attached hydrogens (tertiary/aromatic N) is 3. The molecular formula is C26H30Cl2N4O2. The lowest BCUT2D eigenvalue weighted by atomic mass is 9.89. The topological polar surface area (TPSA) is 63.4 Å². The lowest BCUT2D eigenvalue weighted by molar-refractivity contribution is 0.210. The van der Waals surface area contributed by atoms with Gasteiger partial charge in [0.05, 0.1) is 19.1 Å². The van der Waals surface area contributed by atoms with Crippen molar-refractivity contribution in [3.8, 4) is 5.75 Å². The summed E-state index contributed by atoms with van der Waals surface area (Å²) < 4.78 is 11.1. The SMILES string of the molecule is COc1ccccc1C1CCN(CCNCc2nc(C3(c4ccc(Cl)cc4Cl)CC3)no2)CC1. The minimum atomic E-state index is -0.241. The van der Waals surface area contributed by atoms with Crippen molar-refractivity contribution < 1.29 is 9.26 Å². The van der Waals surface area contributed by atoms with Crippen LogP contribution in [0.3, 0.4) is 0 Å². The first-order valence-corrected chi connectivity index (χ1v) is 12.7. The number of nitrogens with one attached hydrogen (secondary N) is 1. The molecule has 0 spiro atoms. The Balaban J connectivity index is 1.08. The maximum absolute atomic E-state index is 6.45. The predicted octanol–water partition coefficient (Wildman–Crippen LogP) is 5.43. The Morgan fingerprint density at radius 2 is 1.94 bits per heavy atom. The van der Waals surface area contributed by atoms with E-state index in [1.54, 1.807) is 13.2 Å². The molecule has 1 saturated carbocycles. The summed E-state index contributed by atoms with van der Waals surface area (Å²) in [5, 5.41) is 9.01. The third-order valence-electron chi connectivity index (χ3n) is 7.14. The number of hydrogen-bond acceptors (Lipinski definition) is 6. The van der Waals surface area contributed by atoms with E-state index in [1.807, 2.05) is 18.2 Å². The lowest BCUT2D eigenvalue weighted by Gasteiger charge is -2.32. The molecule has 1 N–H and O–H groups in total. The first-order valence-electron chi connectivity index (χ1n) is 11.9. The number of methoxy groups -OCH3 is 1. The average molecular weight is 501 g/mol. The average Bonchev–Trinajstić information content (AvgIpc) is 3.51. The third kappa shape index (κ3) is 4.96. The molecule has 0 bridgehead atoms. The van der Waals surface area contributed by atoms with Crippen molar-refractivity contribution in [3.63, 3.8) is 0 Å². The maximum atomic E-state index is 6.45. The van der Waals surface area contributed by atoms with Gasteiger partial charge in [-0.3, -0.25) is 0 Å². The highest BCUT2D eigenvalue weighted by Crippen LogP contribution is 2.54. The van der Waals surface area contributed by atoms with E-state index in [1.165, 1.54) is 5.56 Å². The van der Waals surface area contributed by atoms with Crippen LogP contribution in [0.5, 0.6) is 5.75 Å². The van der Waals surface area contributed by atoms with E-state index >= 15 is 0 Å². The van der Waals surface area contributed by atoms with E-state index in [4.69, 9.17) is 32.5 Å². The number of ether oxygens (including phenoxy) is 1. The van der Waals surface area contributed by atoms with Crippen LogP contribution in [0.4, 0.5) is 0 Å². The second-order valence-corrected chi connectivity index (χ2v) is 10.1. The molecular weight excluding hydrogens is 471 g/mol. The van der Waals surface area contributed by atoms with Gasteiger partial charge in [-0.1, -0.05) is 52.6 Å². The molecule has 2 aromatic carbocycles. The van der Waals surface area contributed by atoms with Crippen LogP contribution in [0.1, 0.15) is 54.4 Å². The monoisotopic (exact) mass is 500 g/mol. The Morgan fingerprint density at radius 3 is 2.68 bits per heavy atom. The molecule has 5 rings (SSSR count). The van der Waals surface area contributed by atoms with E-state index in [0.29, 0.717) is 34.2 Å². The van der Waals surface area contributed by atoms with Gasteiger partial charge in [0.25, 0.3) is 0 Å². The fourth-order valence-electron chi connectivity index (χ4n) is 5.04. The van der Waals surface area contributed by atoms with Gasteiger partial charge < -0.3 is 19.5 Å². The molecule has 180 valence electrons. The Kier molecular flexibility index (Phi) is 7.11. The minimum Gasteiger partial charge on any atom is -0.496 e. The Bertz CT molecular complexity index is 1120. The molecule has 2 heterocycles. The number of hydrogen-bond donors (Lipinski definition) is 1. The highest BCUT2D eigenvalue weighted by molar-refractivity contribution is 6.35. The number of benzene rings is 2. The smallest absolute Gasteiger partial charge is 0.240 e. The van der Waals surface area contributed by atoms with Crippen LogP contribution < -0.4 is 10.1 Å². The van der Waals surface area contributed by atoms with Crippen LogP contribution in [0.2, 0.25) is 10.0 Å². The summed E-state index contributed by atoms with van der Waals surface area (Å²) in [5.74, 6) is 2.90. The molecule has 1 aromatic heterocycles. The Labute approximate surface area is 210 Å². The van der Waals surface area contributed by atoms with Gasteiger partial charge in [0.15, 0.2) is 5.82 Å². The van der Waals surface area contributed by atoms with Crippen LogP contribution in [-0.2, 0) is 12.0 Å². The second-order valence-electron chi connectivity index (χ2n) is 9.25. The van der Waals surface area contributed by atoms with Crippen molar-refractivity contribution in [3.05, 3.63) is 75.4 Å². The second kappa shape index (κ2) is 10.2. The lowest BCUT2D eigenvalue weighted by Crippen LogP contribution is -2.37. The van der Waals surface area contributed by atoms with E-state index in [0.717, 1.165) is 63.2 Å². The molecule has 2 aliphatic rings. The highest BCUT2D eigenvalue weighted by Gasteiger charge is 2.51. The van der Waals surface area contributed by atoms with Crippen molar-refractivity contribution in [1.29, 1.82) is 0 Å². The molecule has 1 aliphatic carbocycles. The molecule has 3 aromatic rings. The molecule has 0 unspecified atom stereocenters. The molecule has 2 fully saturated rings. The fourth-order valence-corrected chi connectivity index (χ4v) is 5.63. The van der Waals surface area contributed by atoms with Gasteiger partial charge in [0.2, 0.25) is 5.89 Å². The first-order chi connectivity index (χ1) is 16.6. The minimum absolute atomic E-state index is 0.241. The van der Waals surface area contributed by atoms with Gasteiger partial charge in [-0.05, 0) is 74.0 Å². The molecule has 34 heavy (non-hydrogen) atoms. The molecule has 1 aliphatic heterocycles. The molecule has 1 saturated heterocycles. The van der Waals surface area contributed by atoms with Crippen LogP contribution in [0, 0.1) is 0 Å². The zero-order valence-corrected chi connectivity index (χ0v) is 20.9. The number of likely N-dealkylation sites (tertiary alicyclic amines) is 1. The normalized spacial score (nSPS) is 18.2. The maximum Gasteiger partial charge on any atom is 0.240 e. The standard InChI is InChI=1S/C26H30Cl2N4O2/c1-33-23-5-3-2-4-20(23)18-8-13-32(14-9-18)15-12-29-17-24-30-25(31-34-24)26(10-11-26)21-7-6-19(27)16-22(21)28/h2-7,16,18,29H,8-15,17H2,1H3. The van der Waals surface area contributed by atoms with Crippen molar-refractivity contribution in [2.45, 2.75) is 43.6 Å². The zero-order chi connectivity index (χ0) is 23.5. The zero-order valence-electron chi connectivity index (χ0n) is 19.4. The van der Waals surface area contributed by atoms with Crippen LogP contribution in [0.25, 0.3) is 0 Å². The molecule has 0 amide bonds. The quantitative estimate of drug-likeness (QED) is 0.395. The van der Waals surface area contributed by atoms with Crippen molar-refractivity contribution in [1.82, 2.24) is 20.4 Å². The number of piperidine rings is 1. The number of aromatic nitrogens is 2. The van der Waals surface area contributed by atoms with Crippen LogP contribution in [-0.4, -0.2) is 48.3 Å². The van der Waals surface area contributed by atoms with E-state index in [2.05, 4.69) is 38.6 Å². The summed E-state index contributed by atoms with van der Waals surface area (Å²) in [6.45, 7) is 4.64. The largest absolute Gasteiger partial charge is 0.496 e. The Hall–Kier alpha value is -2.12. The van der Waals surface area contributed by atoms with Crippen molar-refractivity contribution in [2.24, 2.45) is 0 Å². The van der Waals surface area contributed by atoms with Gasteiger partial charge in [0, 0.05) is 23.1 Å². The van der Waals surface area contributed by atoms with Gasteiger partial charge in [-0.15, -0.1) is 0 Å². The number of halogens is 2. The fraction of sp³-hybridized carbons (Fsp3) is 0.462. The van der Waals surface area contributed by atoms with E-state index in [-0.39, 0.29) is 5.41 Å². The first kappa shape index (κ1) is 23.6. The molecule has 0 atom stereocenters. The van der Waals surface area contributed by atoms with Gasteiger partial charge >= 0.3 is 0 Å². The van der Waals surface area contributed by atoms with Crippen molar-refractivity contribution in [2.75, 3.05) is 33.3 Å². The summed E-state index contributed by atoms with van der Waals surface area (Å²) >= 11 is 12.5. The van der Waals surface area contributed by atoms with Gasteiger partial charge in [-0.25, -0.2) is 0 Å². The van der Waals surface area contributed by atoms with Crippen molar-refractivity contribution >= 4 is 23.2 Å². The summed E-state index contributed by atoms with van der Waals surface area (Å²) in [6, 6.07) is 14.0. The third-order valence-corrected chi connectivity index (χ3v) is 7.69. The molecule has 6 nitrogen and oxygen atoms in total. The van der Waals surface area contributed by atoms with Gasteiger partial charge in [-0.2, -0.15) is 4.98 Å². The van der Waals surface area contributed by atoms with Crippen LogP contribution >= 0.6 is 23.2 Å². The van der Waals surface area contributed by atoms with Gasteiger partial charge in [0.1, 0.15) is 5.75 Å². The molecule has 8 heteroatoms. The number of rotatable bonds is 9. The predicted molar refractivity (Wildman–Crippen MR) is 134 cm³/mol. The summed E-state index contributed by atoms with van der Waals surface area (Å²) in [6.07, 6.45) is 4.24. The van der Waals surface area contributed by atoms with E-state index < -0.39 is 0 Å². The van der Waals surface area contributed by atoms with Crippen LogP contribution in [0.15, 0.2) is 47.0 Å². The summed E-state index contributed by atoms with van der Waals surface area (Å²) in [5.41, 5.74) is 2.12. The highest BCUT2D eigenvalue weighted by atomic mass is 35.5. The Morgan fingerprint density at radius 1 is 1.15 bits per heavy atom. The molecule has 0 radical (unpaired) electrons.